The Labute approximate surface area is 90.2 Å². The van der Waals surface area contributed by atoms with Gasteiger partial charge < -0.3 is 10.1 Å². The van der Waals surface area contributed by atoms with Crippen LogP contribution in [0.3, 0.4) is 0 Å². The van der Waals surface area contributed by atoms with Crippen molar-refractivity contribution in [2.45, 2.75) is 19.9 Å². The molecule has 6 nitrogen and oxygen atoms in total. The number of nitrogens with two attached hydrogens (primary N) is 1. The highest BCUT2D eigenvalue weighted by molar-refractivity contribution is 7.89. The van der Waals surface area contributed by atoms with Crippen LogP contribution in [0, 0.1) is 5.92 Å². The number of methoxy groups -OCH3 is 1. The molecule has 7 heteroatoms. The van der Waals surface area contributed by atoms with Crippen LogP contribution >= 0.6 is 0 Å². The molecule has 1 atom stereocenters. The first kappa shape index (κ1) is 14.3. The Bertz CT molecular complexity index is 300. The number of hydrogen-bond acceptors (Lipinski definition) is 5. The molecular formula is C8H18N2O4S. The fraction of sp³-hybridized carbons (Fsp3) is 0.875. The van der Waals surface area contributed by atoms with Crippen LogP contribution < -0.4 is 10.5 Å². The molecule has 0 amide bonds. The van der Waals surface area contributed by atoms with Crippen molar-refractivity contribution in [1.29, 1.82) is 0 Å². The van der Waals surface area contributed by atoms with Crippen LogP contribution in [-0.2, 0) is 19.6 Å². The Balaban J connectivity index is 4.15. The maximum Gasteiger partial charge on any atom is 0.323 e. The molecule has 3 N–H and O–H groups in total. The largest absolute Gasteiger partial charge is 0.468 e. The van der Waals surface area contributed by atoms with E-state index in [9.17, 15) is 13.2 Å². The van der Waals surface area contributed by atoms with Crippen molar-refractivity contribution in [2.75, 3.05) is 19.4 Å². The molecule has 0 aliphatic rings. The number of sulfonamides is 1. The highest BCUT2D eigenvalue weighted by Gasteiger charge is 2.22. The van der Waals surface area contributed by atoms with E-state index in [0.29, 0.717) is 0 Å². The summed E-state index contributed by atoms with van der Waals surface area (Å²) in [5.74, 6) is -0.579. The van der Waals surface area contributed by atoms with Crippen molar-refractivity contribution in [3.8, 4) is 0 Å². The Morgan fingerprint density at radius 3 is 2.33 bits per heavy atom. The molecule has 0 rings (SSSR count). The molecule has 15 heavy (non-hydrogen) atoms. The van der Waals surface area contributed by atoms with Gasteiger partial charge in [0.1, 0.15) is 6.04 Å². The third kappa shape index (κ3) is 6.43. The monoisotopic (exact) mass is 238 g/mol. The van der Waals surface area contributed by atoms with Crippen molar-refractivity contribution in [3.05, 3.63) is 0 Å². The minimum absolute atomic E-state index is 0.0259. The molecule has 0 aromatic rings. The smallest absolute Gasteiger partial charge is 0.323 e. The van der Waals surface area contributed by atoms with Gasteiger partial charge in [-0.2, -0.15) is 0 Å². The topological polar surface area (TPSA) is 98.5 Å². The van der Waals surface area contributed by atoms with Crippen molar-refractivity contribution >= 4 is 16.0 Å². The Kier molecular flexibility index (Phi) is 5.77. The molecule has 0 aromatic carbocycles. The predicted octanol–water partition coefficient (Wildman–Crippen LogP) is -0.938. The van der Waals surface area contributed by atoms with Crippen molar-refractivity contribution in [3.63, 3.8) is 0 Å². The summed E-state index contributed by atoms with van der Waals surface area (Å²) in [7, 11) is -2.20. The summed E-state index contributed by atoms with van der Waals surface area (Å²) in [6, 6.07) is -0.503. The zero-order valence-electron chi connectivity index (χ0n) is 9.19. The maximum absolute atomic E-state index is 11.2. The predicted molar refractivity (Wildman–Crippen MR) is 56.6 cm³/mol. The summed E-state index contributed by atoms with van der Waals surface area (Å²) in [6.45, 7) is 3.81. The van der Waals surface area contributed by atoms with Gasteiger partial charge in [0.2, 0.25) is 10.0 Å². The van der Waals surface area contributed by atoms with Gasteiger partial charge in [-0.25, -0.2) is 13.6 Å². The quantitative estimate of drug-likeness (QED) is 0.582. The second-order valence-corrected chi connectivity index (χ2v) is 5.30. The van der Waals surface area contributed by atoms with Gasteiger partial charge in [-0.3, -0.25) is 4.79 Å². The zero-order valence-corrected chi connectivity index (χ0v) is 10.0. The normalized spacial score (nSPS) is 13.9. The first-order valence-corrected chi connectivity index (χ1v) is 6.31. The fourth-order valence-electron chi connectivity index (χ4n) is 1.07. The Morgan fingerprint density at radius 1 is 1.47 bits per heavy atom. The Hall–Kier alpha value is -0.660. The zero-order chi connectivity index (χ0) is 12.1. The average Bonchev–Trinajstić information content (AvgIpc) is 2.09. The number of nitrogens with one attached hydrogen (secondary N) is 1. The van der Waals surface area contributed by atoms with Gasteiger partial charge >= 0.3 is 5.97 Å². The fourth-order valence-corrected chi connectivity index (χ4v) is 1.48. The number of carbonyl (C=O) groups excluding carboxylic acids is 1. The highest BCUT2D eigenvalue weighted by atomic mass is 32.2. The van der Waals surface area contributed by atoms with Crippen LogP contribution in [0.15, 0.2) is 0 Å². The molecule has 0 heterocycles. The van der Waals surface area contributed by atoms with Gasteiger partial charge in [0.05, 0.1) is 12.9 Å². The number of esters is 1. The summed E-state index contributed by atoms with van der Waals surface area (Å²) in [6.07, 6.45) is 0. The number of primary sulfonamides is 1. The maximum atomic E-state index is 11.2. The molecule has 0 spiro atoms. The first-order chi connectivity index (χ1) is 6.78. The van der Waals surface area contributed by atoms with Crippen molar-refractivity contribution in [2.24, 2.45) is 11.1 Å². The summed E-state index contributed by atoms with van der Waals surface area (Å²) >= 11 is 0. The molecule has 0 saturated carbocycles. The number of ether oxygens (including phenoxy) is 1. The van der Waals surface area contributed by atoms with E-state index in [2.05, 4.69) is 10.1 Å². The minimum Gasteiger partial charge on any atom is -0.468 e. The summed E-state index contributed by atoms with van der Waals surface area (Å²) in [4.78, 5) is 11.2. The van der Waals surface area contributed by atoms with E-state index in [0.717, 1.165) is 0 Å². The standard InChI is InChI=1S/C8H18N2O4S/c1-6(2)7(8(11)14-3)10-4-5-15(9,12)13/h6-7,10H,4-5H2,1-3H3,(H2,9,12,13). The molecule has 0 aliphatic heterocycles. The van der Waals surface area contributed by atoms with Gasteiger partial charge in [-0.15, -0.1) is 0 Å². The SMILES string of the molecule is COC(=O)C(NCCS(N)(=O)=O)C(C)C. The van der Waals surface area contributed by atoms with Gasteiger partial charge in [0, 0.05) is 6.54 Å². The van der Waals surface area contributed by atoms with Gasteiger partial charge in [0.25, 0.3) is 0 Å². The molecule has 0 radical (unpaired) electrons. The van der Waals surface area contributed by atoms with Crippen molar-refractivity contribution in [1.82, 2.24) is 5.32 Å². The summed E-state index contributed by atoms with van der Waals surface area (Å²) in [5.41, 5.74) is 0. The second-order valence-electron chi connectivity index (χ2n) is 3.57. The van der Waals surface area contributed by atoms with Gasteiger partial charge in [-0.1, -0.05) is 13.8 Å². The number of hydrogen-bond donors (Lipinski definition) is 2. The average molecular weight is 238 g/mol. The third-order valence-electron chi connectivity index (χ3n) is 1.87. The van der Waals surface area contributed by atoms with E-state index in [1.165, 1.54) is 7.11 Å². The molecule has 0 aromatic heterocycles. The van der Waals surface area contributed by atoms with E-state index >= 15 is 0 Å². The Morgan fingerprint density at radius 2 is 2.00 bits per heavy atom. The molecule has 0 fully saturated rings. The van der Waals surface area contributed by atoms with E-state index in [1.807, 2.05) is 13.8 Å². The minimum atomic E-state index is -3.49. The molecule has 1 unspecified atom stereocenters. The second kappa shape index (κ2) is 6.04. The molecule has 0 bridgehead atoms. The molecule has 90 valence electrons. The number of rotatable bonds is 6. The number of carbonyl (C=O) groups is 1. The van der Waals surface area contributed by atoms with Gasteiger partial charge in [-0.05, 0) is 5.92 Å². The molecule has 0 saturated heterocycles. The van der Waals surface area contributed by atoms with Crippen LogP contribution in [0.25, 0.3) is 0 Å². The van der Waals surface area contributed by atoms with Crippen LogP contribution in [0.1, 0.15) is 13.8 Å². The lowest BCUT2D eigenvalue weighted by molar-refractivity contribution is -0.144. The molecular weight excluding hydrogens is 220 g/mol. The summed E-state index contributed by atoms with van der Waals surface area (Å²) < 4.78 is 25.9. The highest BCUT2D eigenvalue weighted by Crippen LogP contribution is 2.02. The lowest BCUT2D eigenvalue weighted by Gasteiger charge is -2.19. The van der Waals surface area contributed by atoms with Crippen LogP contribution in [0.4, 0.5) is 0 Å². The lowest BCUT2D eigenvalue weighted by Crippen LogP contribution is -2.44. The van der Waals surface area contributed by atoms with E-state index in [4.69, 9.17) is 5.14 Å². The van der Waals surface area contributed by atoms with Gasteiger partial charge in [0.15, 0.2) is 0 Å². The lowest BCUT2D eigenvalue weighted by atomic mass is 10.1. The first-order valence-electron chi connectivity index (χ1n) is 4.59. The van der Waals surface area contributed by atoms with Crippen LogP contribution in [-0.4, -0.2) is 39.8 Å². The van der Waals surface area contributed by atoms with E-state index < -0.39 is 22.0 Å². The van der Waals surface area contributed by atoms with Crippen LogP contribution in [0.5, 0.6) is 0 Å². The third-order valence-corrected chi connectivity index (χ3v) is 2.65. The van der Waals surface area contributed by atoms with Crippen LogP contribution in [0.2, 0.25) is 0 Å². The molecule has 0 aliphatic carbocycles. The van der Waals surface area contributed by atoms with E-state index in [1.54, 1.807) is 0 Å². The van der Waals surface area contributed by atoms with E-state index in [-0.39, 0.29) is 18.2 Å². The van der Waals surface area contributed by atoms with Crippen molar-refractivity contribution < 1.29 is 17.9 Å². The summed E-state index contributed by atoms with van der Waals surface area (Å²) in [5, 5.41) is 7.62.